The van der Waals surface area contributed by atoms with Gasteiger partial charge in [0.15, 0.2) is 0 Å². The lowest BCUT2D eigenvalue weighted by Gasteiger charge is -2.36. The molecular formula is C85H84F16N16O5S5. The number of aryl methyl sites for hydroxylation is 5. The molecule has 14 rings (SSSR count). The number of nitrogens with zero attached hydrogens (tertiary/aromatic N) is 13. The van der Waals surface area contributed by atoms with Crippen LogP contribution in [0, 0.1) is 17.7 Å². The molecule has 5 amide bonds. The lowest BCUT2D eigenvalue weighted by Crippen LogP contribution is -2.48. The van der Waals surface area contributed by atoms with Crippen LogP contribution >= 0.6 is 56.7 Å². The van der Waals surface area contributed by atoms with E-state index in [4.69, 9.17) is 0 Å². The van der Waals surface area contributed by atoms with Gasteiger partial charge in [0, 0.05) is 100 Å². The fourth-order valence-electron chi connectivity index (χ4n) is 12.3. The first kappa shape index (κ1) is 97.4. The van der Waals surface area contributed by atoms with Gasteiger partial charge in [0.2, 0.25) is 0 Å². The predicted octanol–water partition coefficient (Wildman–Crippen LogP) is 20.3. The summed E-state index contributed by atoms with van der Waals surface area (Å²) in [4.78, 5) is 72.0. The number of carbonyl (C=O) groups excluding carboxylic acids is 5. The number of nitrogens with one attached hydrogen (secondary N) is 3. The molecule has 1 aliphatic heterocycles. The van der Waals surface area contributed by atoms with Gasteiger partial charge in [-0.05, 0) is 145 Å². The van der Waals surface area contributed by atoms with Crippen LogP contribution in [0.25, 0.3) is 52.9 Å². The average molecular weight is 1870 g/mol. The van der Waals surface area contributed by atoms with E-state index < -0.39 is 59.4 Å². The molecule has 3 aromatic carbocycles. The quantitative estimate of drug-likeness (QED) is 0.0574. The maximum absolute atomic E-state index is 13.0. The maximum Gasteiger partial charge on any atom is 0.433 e. The number of hydrogen-bond acceptors (Lipinski definition) is 16. The normalized spacial score (nSPS) is 12.7. The van der Waals surface area contributed by atoms with Crippen molar-refractivity contribution in [1.82, 2.24) is 74.7 Å². The molecular weight excluding hydrogens is 1790 g/mol. The molecule has 1 fully saturated rings. The van der Waals surface area contributed by atoms with E-state index in [9.17, 15) is 94.2 Å². The van der Waals surface area contributed by atoms with Crippen molar-refractivity contribution < 1.29 is 94.2 Å². The van der Waals surface area contributed by atoms with Gasteiger partial charge in [-0.2, -0.15) is 91.3 Å². The third-order valence-corrected chi connectivity index (χ3v) is 24.6. The van der Waals surface area contributed by atoms with Crippen LogP contribution in [0.2, 0.25) is 0 Å². The highest BCUT2D eigenvalue weighted by atomic mass is 32.1. The smallest absolute Gasteiger partial charge is 0.368 e. The second-order valence-corrected chi connectivity index (χ2v) is 34.6. The number of halogens is 16. The van der Waals surface area contributed by atoms with Gasteiger partial charge < -0.3 is 30.7 Å². The Morgan fingerprint density at radius 1 is 0.402 bits per heavy atom. The van der Waals surface area contributed by atoms with E-state index in [0.717, 1.165) is 135 Å². The van der Waals surface area contributed by atoms with Crippen molar-refractivity contribution in [3.8, 4) is 52.9 Å². The van der Waals surface area contributed by atoms with E-state index in [1.54, 1.807) is 89.6 Å². The summed E-state index contributed by atoms with van der Waals surface area (Å²) in [5.41, 5.74) is -0.0894. The molecule has 0 bridgehead atoms. The predicted molar refractivity (Wildman–Crippen MR) is 456 cm³/mol. The van der Waals surface area contributed by atoms with Crippen molar-refractivity contribution in [2.45, 2.75) is 78.0 Å². The molecule has 1 atom stereocenters. The number of alkyl halides is 15. The number of hydrogen-bond donors (Lipinski definition) is 3. The monoisotopic (exact) mass is 1870 g/mol. The summed E-state index contributed by atoms with van der Waals surface area (Å²) in [7, 11) is 7.92. The topological polar surface area (TPSA) is 220 Å². The highest BCUT2D eigenvalue weighted by molar-refractivity contribution is 7.18. The first-order valence-electron chi connectivity index (χ1n) is 38.8. The molecule has 1 saturated heterocycles. The molecule has 11 heterocycles. The van der Waals surface area contributed by atoms with Gasteiger partial charge in [-0.25, -0.2) is 4.39 Å². The minimum Gasteiger partial charge on any atom is -0.368 e. The number of amides is 5. The van der Waals surface area contributed by atoms with E-state index >= 15 is 0 Å². The molecule has 1 unspecified atom stereocenters. The van der Waals surface area contributed by atoms with Gasteiger partial charge in [0.05, 0.1) is 48.8 Å². The standard InChI is InChI=1S/C20H19F3N4OS.C18H15F4N3OS.C18H16F3N3OS.C15H18F3N3OS.C14H16F3N3OS/c1-25-18(20(21,22)23)13-15(24-25)16-7-8-17(29-16)19(28)27-11-9-26(10-12-27)14-5-3-2-4-6-14;1-25-16(18(20,21)22)10-13(24-25)14-6-7-15(27-14)17(26)23-9-8-11-2-4-12(19)5-3-11;1-23(11-12-6-4-3-5-7-12)17(25)15-9-8-14(26-15)13-10-16(18(19,20)21)24(2)22-13;1-4-9(2)8-19-14(22)12-6-5-11(23-12)10-7-13(15(16,17)18)21(3)20-10;1-8(2)7-18-13(21)11-5-4-10(22-11)9-6-12(14(15,16)17)20(3)19-9/h2-8,13H,9-12H2,1H3;2-7,10H,8-9H2,1H3,(H,23,26);3-10H,11H2,1-2H3;5-7,9H,4,8H2,1-3H3,(H,19,22);4-6,8H,7H2,1-3H3,(H,18,21). The minimum absolute atomic E-state index is 0.0964. The van der Waals surface area contributed by atoms with Crippen molar-refractivity contribution in [2.75, 3.05) is 57.8 Å². The number of anilines is 1. The Morgan fingerprint density at radius 2 is 0.724 bits per heavy atom. The molecule has 13 aromatic rings. The summed E-state index contributed by atoms with van der Waals surface area (Å²) in [6.07, 6.45) is -20.8. The van der Waals surface area contributed by atoms with E-state index in [1.807, 2.05) is 88.4 Å². The average Bonchev–Trinajstić information content (AvgIpc) is 1.68. The fourth-order valence-corrected chi connectivity index (χ4v) is 16.8. The Labute approximate surface area is 737 Å². The molecule has 42 heteroatoms. The lowest BCUT2D eigenvalue weighted by molar-refractivity contribution is -0.144. The third kappa shape index (κ3) is 26.5. The van der Waals surface area contributed by atoms with E-state index in [0.29, 0.717) is 106 Å². The second kappa shape index (κ2) is 41.8. The van der Waals surface area contributed by atoms with Crippen LogP contribution in [0.3, 0.4) is 0 Å². The Kier molecular flexibility index (Phi) is 32.1. The van der Waals surface area contributed by atoms with Gasteiger partial charge in [0.25, 0.3) is 29.5 Å². The molecule has 127 heavy (non-hydrogen) atoms. The van der Waals surface area contributed by atoms with Crippen molar-refractivity contribution >= 4 is 91.9 Å². The fraction of sp³-hybridized carbons (Fsp3) is 0.318. The van der Waals surface area contributed by atoms with Crippen molar-refractivity contribution in [3.05, 3.63) is 246 Å². The number of rotatable bonds is 21. The van der Waals surface area contributed by atoms with Crippen LogP contribution in [0.4, 0.5) is 75.9 Å². The Balaban J connectivity index is 0.000000166. The molecule has 10 aromatic heterocycles. The zero-order chi connectivity index (χ0) is 92.8. The van der Waals surface area contributed by atoms with E-state index in [2.05, 4.69) is 46.3 Å². The van der Waals surface area contributed by atoms with Crippen molar-refractivity contribution in [3.63, 3.8) is 0 Å². The van der Waals surface area contributed by atoms with Crippen LogP contribution in [0.5, 0.6) is 0 Å². The number of carbonyl (C=O) groups is 5. The minimum atomic E-state index is -4.49. The lowest BCUT2D eigenvalue weighted by atomic mass is 10.1. The van der Waals surface area contributed by atoms with Crippen molar-refractivity contribution in [1.29, 1.82) is 0 Å². The molecule has 3 N–H and O–H groups in total. The van der Waals surface area contributed by atoms with Gasteiger partial charge in [-0.3, -0.25) is 47.4 Å². The van der Waals surface area contributed by atoms with E-state index in [1.165, 1.54) is 58.7 Å². The van der Waals surface area contributed by atoms with Gasteiger partial charge >= 0.3 is 30.9 Å². The van der Waals surface area contributed by atoms with Gasteiger partial charge in [-0.1, -0.05) is 94.8 Å². The molecule has 0 saturated carbocycles. The number of para-hydroxylation sites is 1. The third-order valence-electron chi connectivity index (χ3n) is 19.1. The number of aromatic nitrogens is 10. The van der Waals surface area contributed by atoms with Crippen LogP contribution in [-0.4, -0.2) is 141 Å². The molecule has 21 nitrogen and oxygen atoms in total. The van der Waals surface area contributed by atoms with Crippen LogP contribution < -0.4 is 20.9 Å². The maximum atomic E-state index is 13.0. The highest BCUT2D eigenvalue weighted by Crippen LogP contribution is 2.41. The Morgan fingerprint density at radius 3 is 1.07 bits per heavy atom. The first-order chi connectivity index (χ1) is 59.7. The van der Waals surface area contributed by atoms with Gasteiger partial charge in [0.1, 0.15) is 62.8 Å². The second-order valence-electron chi connectivity index (χ2n) is 29.2. The van der Waals surface area contributed by atoms with E-state index in [-0.39, 0.29) is 63.8 Å². The summed E-state index contributed by atoms with van der Waals surface area (Å²) >= 11 is 5.62. The summed E-state index contributed by atoms with van der Waals surface area (Å²) in [5.74, 6) is -0.655. The van der Waals surface area contributed by atoms with Gasteiger partial charge in [-0.15, -0.1) is 56.7 Å². The molecule has 676 valence electrons. The van der Waals surface area contributed by atoms with Crippen molar-refractivity contribution in [2.24, 2.45) is 47.1 Å². The molecule has 0 aliphatic carbocycles. The van der Waals surface area contributed by atoms with Crippen LogP contribution in [0.15, 0.2) is 176 Å². The summed E-state index contributed by atoms with van der Waals surface area (Å²) in [6, 6.07) is 46.6. The van der Waals surface area contributed by atoms with Crippen LogP contribution in [-0.2, 0) is 79.1 Å². The zero-order valence-corrected chi connectivity index (χ0v) is 73.5. The summed E-state index contributed by atoms with van der Waals surface area (Å²) in [6.45, 7) is 12.6. The molecule has 0 radical (unpaired) electrons. The zero-order valence-electron chi connectivity index (χ0n) is 69.4. The first-order valence-corrected chi connectivity index (χ1v) is 42.9. The number of thiophene rings is 5. The Bertz CT molecular complexity index is 5860. The SMILES string of the molecule is CC(C)CNC(=O)c1ccc(-c2cc(C(F)(F)F)n(C)n2)s1.CCC(C)CNC(=O)c1ccc(-c2cc(C(F)(F)F)n(C)n2)s1.CN(Cc1ccccc1)C(=O)c1ccc(-c2cc(C(F)(F)F)n(C)n2)s1.Cn1nc(-c2ccc(C(=O)N3CCN(c4ccccc4)CC3)s2)cc1C(F)(F)F.Cn1nc(-c2ccc(C(=O)NCCc3ccc(F)cc3)s2)cc1C(F)(F)F. The molecule has 1 aliphatic rings. The van der Waals surface area contributed by atoms with Crippen LogP contribution in [0.1, 0.15) is 122 Å². The highest BCUT2D eigenvalue weighted by Gasteiger charge is 2.40. The number of benzene rings is 3. The summed E-state index contributed by atoms with van der Waals surface area (Å²) in [5, 5.41) is 27.8. The summed E-state index contributed by atoms with van der Waals surface area (Å²) < 4.78 is 210. The Hall–Kier alpha value is -11.8. The number of piperazine rings is 1. The molecule has 0 spiro atoms. The largest absolute Gasteiger partial charge is 0.433 e.